The minimum Gasteiger partial charge on any atom is -0.356 e. The van der Waals surface area contributed by atoms with Crippen molar-refractivity contribution >= 4 is 45.7 Å². The summed E-state index contributed by atoms with van der Waals surface area (Å²) >= 11 is 12.4. The van der Waals surface area contributed by atoms with Crippen molar-refractivity contribution in [3.8, 4) is 0 Å². The average Bonchev–Trinajstić information content (AvgIpc) is 3.28. The van der Waals surface area contributed by atoms with Crippen LogP contribution in [0.3, 0.4) is 0 Å². The molecule has 2 aliphatic heterocycles. The van der Waals surface area contributed by atoms with E-state index in [-0.39, 0.29) is 24.0 Å². The van der Waals surface area contributed by atoms with Crippen LogP contribution < -0.4 is 0 Å². The van der Waals surface area contributed by atoms with Crippen molar-refractivity contribution in [2.45, 2.75) is 56.7 Å². The standard InChI is InChI=1S/C25H24ClN3OS/c26-16-8-6-7-15(13-16)23-22-19(18-11-4-5-12-20(18)27-22)14-21-24(30)28(25(31)29(21)23)17-9-2-1-3-10-17/h4-8,11-13,17,21,23,27H,1-3,9-10,14H2. The maximum atomic E-state index is 13.7. The van der Waals surface area contributed by atoms with Crippen LogP contribution in [0, 0.1) is 0 Å². The number of nitrogens with zero attached hydrogens (tertiary/aromatic N) is 2. The van der Waals surface area contributed by atoms with E-state index in [1.807, 2.05) is 29.2 Å². The molecule has 6 heteroatoms. The molecule has 1 saturated carbocycles. The molecule has 6 rings (SSSR count). The highest BCUT2D eigenvalue weighted by Gasteiger charge is 2.52. The van der Waals surface area contributed by atoms with E-state index in [1.165, 1.54) is 30.2 Å². The molecule has 1 N–H and O–H groups in total. The molecule has 1 aliphatic carbocycles. The van der Waals surface area contributed by atoms with Crippen molar-refractivity contribution in [2.24, 2.45) is 0 Å². The summed E-state index contributed by atoms with van der Waals surface area (Å²) < 4.78 is 0. The zero-order valence-corrected chi connectivity index (χ0v) is 18.8. The van der Waals surface area contributed by atoms with Gasteiger partial charge >= 0.3 is 0 Å². The number of nitrogens with one attached hydrogen (secondary N) is 1. The Labute approximate surface area is 192 Å². The third-order valence-electron chi connectivity index (χ3n) is 7.19. The molecule has 1 aromatic heterocycles. The van der Waals surface area contributed by atoms with Gasteiger partial charge in [-0.1, -0.05) is 61.2 Å². The van der Waals surface area contributed by atoms with Gasteiger partial charge in [-0.3, -0.25) is 9.69 Å². The second-order valence-electron chi connectivity index (χ2n) is 8.93. The van der Waals surface area contributed by atoms with E-state index in [0.29, 0.717) is 16.6 Å². The molecule has 2 aromatic carbocycles. The zero-order chi connectivity index (χ0) is 21.1. The molecule has 158 valence electrons. The molecule has 0 radical (unpaired) electrons. The van der Waals surface area contributed by atoms with E-state index in [9.17, 15) is 4.79 Å². The van der Waals surface area contributed by atoms with E-state index >= 15 is 0 Å². The average molecular weight is 450 g/mol. The predicted octanol–water partition coefficient (Wildman–Crippen LogP) is 5.60. The van der Waals surface area contributed by atoms with Gasteiger partial charge in [-0.2, -0.15) is 0 Å². The Bertz CT molecular complexity index is 1200. The van der Waals surface area contributed by atoms with Gasteiger partial charge in [0.15, 0.2) is 5.11 Å². The summed E-state index contributed by atoms with van der Waals surface area (Å²) in [5, 5.41) is 2.56. The van der Waals surface area contributed by atoms with Crippen LogP contribution in [0.1, 0.15) is 55.0 Å². The fraction of sp³-hybridized carbons (Fsp3) is 0.360. The van der Waals surface area contributed by atoms with E-state index in [1.54, 1.807) is 0 Å². The van der Waals surface area contributed by atoms with Gasteiger partial charge in [0.2, 0.25) is 0 Å². The number of aromatic amines is 1. The Morgan fingerprint density at radius 1 is 1.03 bits per heavy atom. The number of para-hydroxylation sites is 1. The van der Waals surface area contributed by atoms with Crippen LogP contribution in [0.4, 0.5) is 0 Å². The largest absolute Gasteiger partial charge is 0.356 e. The number of rotatable bonds is 2. The highest BCUT2D eigenvalue weighted by molar-refractivity contribution is 7.80. The molecule has 0 spiro atoms. The number of H-pyrrole nitrogens is 1. The summed E-state index contributed by atoms with van der Waals surface area (Å²) in [5.74, 6) is 0.167. The Morgan fingerprint density at radius 3 is 2.65 bits per heavy atom. The Hall–Kier alpha value is -2.37. The SMILES string of the molecule is O=C1C2Cc3c([nH]c4ccccc34)C(c3cccc(Cl)c3)N2C(=S)N1C1CCCCC1. The van der Waals surface area contributed by atoms with Crippen LogP contribution in [0.25, 0.3) is 10.9 Å². The molecule has 4 nitrogen and oxygen atoms in total. The van der Waals surface area contributed by atoms with Crippen LogP contribution in [0.5, 0.6) is 0 Å². The first-order valence-electron chi connectivity index (χ1n) is 11.1. The fourth-order valence-electron chi connectivity index (χ4n) is 5.79. The summed E-state index contributed by atoms with van der Waals surface area (Å²) in [6.07, 6.45) is 6.36. The van der Waals surface area contributed by atoms with Crippen LogP contribution in [-0.2, 0) is 11.2 Å². The van der Waals surface area contributed by atoms with Crippen molar-refractivity contribution in [3.05, 3.63) is 70.4 Å². The first-order valence-corrected chi connectivity index (χ1v) is 11.9. The third kappa shape index (κ3) is 2.94. The van der Waals surface area contributed by atoms with Crippen LogP contribution >= 0.6 is 23.8 Å². The molecule has 1 amide bonds. The first-order chi connectivity index (χ1) is 15.1. The molecule has 3 aromatic rings. The summed E-state index contributed by atoms with van der Waals surface area (Å²) in [4.78, 5) is 21.5. The maximum Gasteiger partial charge on any atom is 0.252 e. The third-order valence-corrected chi connectivity index (χ3v) is 7.83. The van der Waals surface area contributed by atoms with Gasteiger partial charge in [0.25, 0.3) is 5.91 Å². The Kier molecular flexibility index (Phi) is 4.58. The summed E-state index contributed by atoms with van der Waals surface area (Å²) in [6, 6.07) is 16.1. The molecular weight excluding hydrogens is 426 g/mol. The van der Waals surface area contributed by atoms with Gasteiger partial charge in [-0.25, -0.2) is 0 Å². The van der Waals surface area contributed by atoms with Gasteiger partial charge < -0.3 is 9.88 Å². The number of thiocarbonyl (C=S) groups is 1. The minimum atomic E-state index is -0.259. The Morgan fingerprint density at radius 2 is 1.84 bits per heavy atom. The van der Waals surface area contributed by atoms with Gasteiger partial charge in [0.1, 0.15) is 6.04 Å². The predicted molar refractivity (Wildman–Crippen MR) is 127 cm³/mol. The molecule has 3 aliphatic rings. The fourth-order valence-corrected chi connectivity index (χ4v) is 6.46. The quantitative estimate of drug-likeness (QED) is 0.518. The lowest BCUT2D eigenvalue weighted by molar-refractivity contribution is -0.130. The molecule has 2 fully saturated rings. The monoisotopic (exact) mass is 449 g/mol. The van der Waals surface area contributed by atoms with Crippen LogP contribution in [0.15, 0.2) is 48.5 Å². The molecule has 3 heterocycles. The first kappa shape index (κ1) is 19.3. The van der Waals surface area contributed by atoms with Crippen molar-refractivity contribution in [1.29, 1.82) is 0 Å². The highest BCUT2D eigenvalue weighted by atomic mass is 35.5. The molecule has 2 atom stereocenters. The number of carbonyl (C=O) groups is 1. The number of halogens is 1. The molecule has 2 unspecified atom stereocenters. The van der Waals surface area contributed by atoms with E-state index < -0.39 is 0 Å². The van der Waals surface area contributed by atoms with Crippen molar-refractivity contribution in [2.75, 3.05) is 0 Å². The zero-order valence-electron chi connectivity index (χ0n) is 17.2. The second-order valence-corrected chi connectivity index (χ2v) is 9.73. The second kappa shape index (κ2) is 7.35. The summed E-state index contributed by atoms with van der Waals surface area (Å²) in [6.45, 7) is 0. The minimum absolute atomic E-state index is 0.148. The van der Waals surface area contributed by atoms with E-state index in [2.05, 4.69) is 34.1 Å². The number of hydrogen-bond donors (Lipinski definition) is 1. The summed E-state index contributed by atoms with van der Waals surface area (Å²) in [7, 11) is 0. The lowest BCUT2D eigenvalue weighted by Crippen LogP contribution is -2.44. The van der Waals surface area contributed by atoms with E-state index in [0.717, 1.165) is 29.6 Å². The number of benzene rings is 2. The lowest BCUT2D eigenvalue weighted by atomic mass is 9.89. The molecule has 1 saturated heterocycles. The van der Waals surface area contributed by atoms with Crippen LogP contribution in [-0.4, -0.2) is 37.9 Å². The number of hydrogen-bond acceptors (Lipinski definition) is 2. The van der Waals surface area contributed by atoms with Crippen LogP contribution in [0.2, 0.25) is 5.02 Å². The topological polar surface area (TPSA) is 39.3 Å². The normalized spacial score (nSPS) is 24.0. The maximum absolute atomic E-state index is 13.7. The number of aromatic nitrogens is 1. The molecular formula is C25H24ClN3OS. The van der Waals surface area contributed by atoms with Gasteiger partial charge in [0.05, 0.1) is 6.04 Å². The highest BCUT2D eigenvalue weighted by Crippen LogP contribution is 2.45. The molecule has 31 heavy (non-hydrogen) atoms. The Balaban J connectivity index is 1.52. The summed E-state index contributed by atoms with van der Waals surface area (Å²) in [5.41, 5.74) is 4.51. The number of carbonyl (C=O) groups excluding carboxylic acids is 1. The number of amides is 1. The lowest BCUT2D eigenvalue weighted by Gasteiger charge is -2.38. The van der Waals surface area contributed by atoms with E-state index in [4.69, 9.17) is 23.8 Å². The van der Waals surface area contributed by atoms with Gasteiger partial charge in [-0.15, -0.1) is 0 Å². The van der Waals surface area contributed by atoms with Gasteiger partial charge in [-0.05, 0) is 54.4 Å². The smallest absolute Gasteiger partial charge is 0.252 e. The van der Waals surface area contributed by atoms with Crippen molar-refractivity contribution < 1.29 is 4.79 Å². The molecule has 0 bridgehead atoms. The van der Waals surface area contributed by atoms with Gasteiger partial charge in [0, 0.05) is 34.1 Å². The van der Waals surface area contributed by atoms with Crippen molar-refractivity contribution in [3.63, 3.8) is 0 Å². The van der Waals surface area contributed by atoms with Crippen molar-refractivity contribution in [1.82, 2.24) is 14.8 Å². The number of fused-ring (bicyclic) bond motifs is 4.